The van der Waals surface area contributed by atoms with Crippen molar-refractivity contribution in [3.63, 3.8) is 0 Å². The molecule has 0 bridgehead atoms. The molecule has 0 radical (unpaired) electrons. The van der Waals surface area contributed by atoms with Crippen molar-refractivity contribution in [1.82, 2.24) is 29.5 Å². The number of hydrogen-bond donors (Lipinski definition) is 1. The van der Waals surface area contributed by atoms with Gasteiger partial charge in [0, 0.05) is 73.6 Å². The standard InChI is InChI=1S/C31H31Cl2FN8O2/c1-18(28-23(32)13-36-14-24(28)33)44-21-6-7-26-22(10-21)29(39-42(26)27-5-3-4-8-43-27)19-9-25(34)30(37-11-19)41-16-31(35,17-41)20-12-38-40(2)15-20/h6-7,9-15,18,27H,3-5,8,16-17,35H2,1-2H3/t18-,27?/m1/s1. The van der Waals surface area contributed by atoms with E-state index in [0.717, 1.165) is 35.7 Å². The highest BCUT2D eigenvalue weighted by atomic mass is 35.5. The Balaban J connectivity index is 1.22. The molecule has 2 aliphatic rings. The predicted octanol–water partition coefficient (Wildman–Crippen LogP) is 6.19. The van der Waals surface area contributed by atoms with Gasteiger partial charge in [-0.3, -0.25) is 9.67 Å². The van der Waals surface area contributed by atoms with Crippen molar-refractivity contribution in [3.8, 4) is 17.0 Å². The Bertz CT molecular complexity index is 1830. The van der Waals surface area contributed by atoms with E-state index < -0.39 is 17.5 Å². The maximum absolute atomic E-state index is 15.7. The highest BCUT2D eigenvalue weighted by Gasteiger charge is 2.43. The number of anilines is 1. The molecule has 5 aromatic rings. The third-order valence-corrected chi connectivity index (χ3v) is 8.94. The molecule has 2 atom stereocenters. The predicted molar refractivity (Wildman–Crippen MR) is 166 cm³/mol. The number of benzene rings is 1. The van der Waals surface area contributed by atoms with E-state index in [1.165, 1.54) is 18.5 Å². The lowest BCUT2D eigenvalue weighted by molar-refractivity contribution is -0.0365. The molecule has 1 unspecified atom stereocenters. The molecule has 228 valence electrons. The maximum Gasteiger partial charge on any atom is 0.166 e. The van der Waals surface area contributed by atoms with Gasteiger partial charge in [-0.1, -0.05) is 23.2 Å². The summed E-state index contributed by atoms with van der Waals surface area (Å²) in [6.45, 7) is 3.40. The molecule has 2 saturated heterocycles. The number of rotatable bonds is 7. The lowest BCUT2D eigenvalue weighted by Crippen LogP contribution is -2.65. The Labute approximate surface area is 263 Å². The Morgan fingerprint density at radius 2 is 1.91 bits per heavy atom. The normalized spacial score (nSPS) is 18.8. The molecule has 2 aliphatic heterocycles. The second kappa shape index (κ2) is 11.3. The number of ether oxygens (including phenoxy) is 2. The summed E-state index contributed by atoms with van der Waals surface area (Å²) >= 11 is 12.8. The van der Waals surface area contributed by atoms with Gasteiger partial charge in [0.2, 0.25) is 0 Å². The minimum atomic E-state index is -0.603. The Hall–Kier alpha value is -3.77. The number of halogens is 3. The highest BCUT2D eigenvalue weighted by molar-refractivity contribution is 6.35. The number of hydrogen-bond acceptors (Lipinski definition) is 8. The molecule has 44 heavy (non-hydrogen) atoms. The van der Waals surface area contributed by atoms with Crippen LogP contribution in [0.1, 0.15) is 49.6 Å². The van der Waals surface area contributed by atoms with Crippen molar-refractivity contribution in [1.29, 1.82) is 0 Å². The van der Waals surface area contributed by atoms with Crippen LogP contribution in [0.2, 0.25) is 10.0 Å². The molecule has 13 heteroatoms. The van der Waals surface area contributed by atoms with Crippen molar-refractivity contribution >= 4 is 39.9 Å². The second-order valence-corrected chi connectivity index (χ2v) is 12.3. The van der Waals surface area contributed by atoms with E-state index in [0.29, 0.717) is 52.3 Å². The van der Waals surface area contributed by atoms with Gasteiger partial charge < -0.3 is 20.1 Å². The number of fused-ring (bicyclic) bond motifs is 1. The van der Waals surface area contributed by atoms with Crippen molar-refractivity contribution in [3.05, 3.63) is 82.2 Å². The molecule has 0 saturated carbocycles. The second-order valence-electron chi connectivity index (χ2n) is 11.5. The number of nitrogens with two attached hydrogens (primary N) is 1. The first-order valence-electron chi connectivity index (χ1n) is 14.5. The van der Waals surface area contributed by atoms with Crippen LogP contribution < -0.4 is 15.4 Å². The molecule has 0 amide bonds. The summed E-state index contributed by atoms with van der Waals surface area (Å²) < 4.78 is 31.6. The highest BCUT2D eigenvalue weighted by Crippen LogP contribution is 2.39. The van der Waals surface area contributed by atoms with Gasteiger partial charge in [0.15, 0.2) is 17.9 Å². The zero-order valence-corrected chi connectivity index (χ0v) is 25.8. The molecule has 4 aromatic heterocycles. The molecule has 7 rings (SSSR count). The SMILES string of the molecule is C[C@@H](Oc1ccc2c(c1)c(-c1cnc(N3CC(N)(c4cnn(C)c4)C3)c(F)c1)nn2C1CCCCO1)c1c(Cl)cncc1Cl. The number of aromatic nitrogens is 6. The van der Waals surface area contributed by atoms with Crippen LogP contribution in [-0.2, 0) is 17.3 Å². The van der Waals surface area contributed by atoms with Crippen molar-refractivity contribution < 1.29 is 13.9 Å². The van der Waals surface area contributed by atoms with E-state index >= 15 is 4.39 Å². The first kappa shape index (κ1) is 29.0. The average molecular weight is 638 g/mol. The van der Waals surface area contributed by atoms with Crippen molar-refractivity contribution in [2.24, 2.45) is 12.8 Å². The minimum Gasteiger partial charge on any atom is -0.486 e. The van der Waals surface area contributed by atoms with Crippen molar-refractivity contribution in [2.45, 2.75) is 44.1 Å². The molecule has 1 aromatic carbocycles. The van der Waals surface area contributed by atoms with E-state index in [-0.39, 0.29) is 12.0 Å². The summed E-state index contributed by atoms with van der Waals surface area (Å²) in [6.07, 6.45) is 10.6. The van der Waals surface area contributed by atoms with Gasteiger partial charge in [-0.25, -0.2) is 14.1 Å². The summed E-state index contributed by atoms with van der Waals surface area (Å²) in [7, 11) is 1.84. The quantitative estimate of drug-likeness (QED) is 0.225. The zero-order chi connectivity index (χ0) is 30.6. The fourth-order valence-corrected chi connectivity index (χ4v) is 6.73. The maximum atomic E-state index is 15.7. The van der Waals surface area contributed by atoms with Crippen LogP contribution in [0.15, 0.2) is 55.2 Å². The fourth-order valence-electron chi connectivity index (χ4n) is 6.05. The van der Waals surface area contributed by atoms with Gasteiger partial charge in [-0.2, -0.15) is 10.2 Å². The number of pyridine rings is 2. The number of aryl methyl sites for hydroxylation is 1. The van der Waals surface area contributed by atoms with E-state index in [1.54, 1.807) is 17.1 Å². The molecular formula is C31H31Cl2FN8O2. The Kier molecular flexibility index (Phi) is 7.44. The molecule has 0 aliphatic carbocycles. The number of nitrogens with zero attached hydrogens (tertiary/aromatic N) is 7. The third-order valence-electron chi connectivity index (χ3n) is 8.34. The van der Waals surface area contributed by atoms with Crippen LogP contribution in [0.4, 0.5) is 10.2 Å². The third kappa shape index (κ3) is 5.17. The summed E-state index contributed by atoms with van der Waals surface area (Å²) in [6, 6.07) is 7.19. The van der Waals surface area contributed by atoms with E-state index in [9.17, 15) is 0 Å². The molecular weight excluding hydrogens is 606 g/mol. The summed E-state index contributed by atoms with van der Waals surface area (Å²) in [5, 5.41) is 10.8. The Morgan fingerprint density at radius 3 is 2.59 bits per heavy atom. The molecule has 2 N–H and O–H groups in total. The van der Waals surface area contributed by atoms with Crippen LogP contribution in [-0.4, -0.2) is 49.2 Å². The molecule has 6 heterocycles. The smallest absolute Gasteiger partial charge is 0.166 e. The largest absolute Gasteiger partial charge is 0.486 e. The van der Waals surface area contributed by atoms with Gasteiger partial charge in [-0.05, 0) is 50.5 Å². The zero-order valence-electron chi connectivity index (χ0n) is 24.3. The van der Waals surface area contributed by atoms with Crippen LogP contribution in [0, 0.1) is 5.82 Å². The minimum absolute atomic E-state index is 0.219. The lowest BCUT2D eigenvalue weighted by Gasteiger charge is -2.48. The lowest BCUT2D eigenvalue weighted by atomic mass is 9.85. The first-order valence-corrected chi connectivity index (χ1v) is 15.2. The van der Waals surface area contributed by atoms with E-state index in [2.05, 4.69) is 15.1 Å². The average Bonchev–Trinajstić information content (AvgIpc) is 3.60. The van der Waals surface area contributed by atoms with Crippen LogP contribution in [0.3, 0.4) is 0 Å². The van der Waals surface area contributed by atoms with Crippen LogP contribution in [0.25, 0.3) is 22.2 Å². The monoisotopic (exact) mass is 636 g/mol. The van der Waals surface area contributed by atoms with Crippen LogP contribution >= 0.6 is 23.2 Å². The van der Waals surface area contributed by atoms with Gasteiger partial charge in [0.25, 0.3) is 0 Å². The van der Waals surface area contributed by atoms with Crippen molar-refractivity contribution in [2.75, 3.05) is 24.6 Å². The topological polar surface area (TPSA) is 109 Å². The molecule has 10 nitrogen and oxygen atoms in total. The van der Waals surface area contributed by atoms with Gasteiger partial charge in [0.1, 0.15) is 17.5 Å². The van der Waals surface area contributed by atoms with Gasteiger partial charge in [-0.15, -0.1) is 0 Å². The first-order chi connectivity index (χ1) is 21.2. The molecule has 0 spiro atoms. The van der Waals surface area contributed by atoms with Crippen LogP contribution in [0.5, 0.6) is 5.75 Å². The van der Waals surface area contributed by atoms with Gasteiger partial charge in [0.05, 0.1) is 27.3 Å². The molecule has 2 fully saturated rings. The van der Waals surface area contributed by atoms with E-state index in [1.807, 2.05) is 47.9 Å². The summed E-state index contributed by atoms with van der Waals surface area (Å²) in [5.41, 5.74) is 9.51. The van der Waals surface area contributed by atoms with Gasteiger partial charge >= 0.3 is 0 Å². The summed E-state index contributed by atoms with van der Waals surface area (Å²) in [5.74, 6) is 0.386. The fraction of sp³-hybridized carbons (Fsp3) is 0.355. The van der Waals surface area contributed by atoms with E-state index in [4.69, 9.17) is 43.5 Å². The summed E-state index contributed by atoms with van der Waals surface area (Å²) in [4.78, 5) is 10.4. The Morgan fingerprint density at radius 1 is 1.11 bits per heavy atom.